The van der Waals surface area contributed by atoms with Crippen molar-refractivity contribution < 1.29 is 9.53 Å². The van der Waals surface area contributed by atoms with Gasteiger partial charge in [-0.2, -0.15) is 0 Å². The second-order valence-corrected chi connectivity index (χ2v) is 7.21. The molecule has 0 aliphatic heterocycles. The normalized spacial score (nSPS) is 15.3. The summed E-state index contributed by atoms with van der Waals surface area (Å²) in [6.07, 6.45) is 2.47. The van der Waals surface area contributed by atoms with Gasteiger partial charge in [0.25, 0.3) is 5.91 Å². The van der Waals surface area contributed by atoms with Crippen LogP contribution in [-0.2, 0) is 6.54 Å². The highest BCUT2D eigenvalue weighted by Crippen LogP contribution is 2.36. The van der Waals surface area contributed by atoms with E-state index < -0.39 is 0 Å². The summed E-state index contributed by atoms with van der Waals surface area (Å²) in [4.78, 5) is 15.9. The molecule has 3 nitrogen and oxygen atoms in total. The standard InChI is InChI=1S/C19H23NO2S/c1-13-10-11-23-18(13)19(21)20(14(2)16-6-7-16)12-15-4-8-17(22-3)9-5-15/h4-5,8-11,14,16H,6-7,12H2,1-3H3. The van der Waals surface area contributed by atoms with E-state index in [9.17, 15) is 4.79 Å². The predicted molar refractivity (Wildman–Crippen MR) is 94.1 cm³/mol. The van der Waals surface area contributed by atoms with Gasteiger partial charge in [0.05, 0.1) is 12.0 Å². The molecule has 1 amide bonds. The molecule has 1 aliphatic carbocycles. The van der Waals surface area contributed by atoms with E-state index in [0.717, 1.165) is 21.8 Å². The topological polar surface area (TPSA) is 29.5 Å². The van der Waals surface area contributed by atoms with Crippen molar-refractivity contribution in [1.29, 1.82) is 0 Å². The van der Waals surface area contributed by atoms with Crippen LogP contribution in [0.1, 0.15) is 40.6 Å². The summed E-state index contributed by atoms with van der Waals surface area (Å²) >= 11 is 1.54. The van der Waals surface area contributed by atoms with Crippen molar-refractivity contribution in [2.24, 2.45) is 5.92 Å². The molecule has 0 bridgehead atoms. The minimum atomic E-state index is 0.160. The van der Waals surface area contributed by atoms with Gasteiger partial charge < -0.3 is 9.64 Å². The molecular weight excluding hydrogens is 306 g/mol. The van der Waals surface area contributed by atoms with Crippen LogP contribution in [0.3, 0.4) is 0 Å². The third-order valence-corrected chi connectivity index (χ3v) is 5.63. The largest absolute Gasteiger partial charge is 0.497 e. The van der Waals surface area contributed by atoms with Crippen LogP contribution in [0.15, 0.2) is 35.7 Å². The Morgan fingerprint density at radius 3 is 2.52 bits per heavy atom. The average molecular weight is 329 g/mol. The number of thiophene rings is 1. The fourth-order valence-electron chi connectivity index (χ4n) is 2.88. The summed E-state index contributed by atoms with van der Waals surface area (Å²) in [5.41, 5.74) is 2.21. The first-order chi connectivity index (χ1) is 11.1. The summed E-state index contributed by atoms with van der Waals surface area (Å²) < 4.78 is 5.21. The van der Waals surface area contributed by atoms with Crippen molar-refractivity contribution in [2.45, 2.75) is 39.3 Å². The molecular formula is C19H23NO2S. The molecule has 1 heterocycles. The lowest BCUT2D eigenvalue weighted by molar-refractivity contribution is 0.0658. The highest BCUT2D eigenvalue weighted by Gasteiger charge is 2.35. The number of hydrogen-bond acceptors (Lipinski definition) is 3. The number of rotatable bonds is 6. The van der Waals surface area contributed by atoms with Crippen molar-refractivity contribution >= 4 is 17.2 Å². The molecule has 1 saturated carbocycles. The fourth-order valence-corrected chi connectivity index (χ4v) is 3.76. The van der Waals surface area contributed by atoms with Crippen LogP contribution in [-0.4, -0.2) is 24.0 Å². The molecule has 1 aromatic carbocycles. The number of carbonyl (C=O) groups excluding carboxylic acids is 1. The summed E-state index contributed by atoms with van der Waals surface area (Å²) in [5, 5.41) is 2.00. The molecule has 1 aliphatic rings. The lowest BCUT2D eigenvalue weighted by Crippen LogP contribution is -2.39. The second kappa shape index (κ2) is 6.75. The number of carbonyl (C=O) groups is 1. The third kappa shape index (κ3) is 3.58. The molecule has 1 aromatic heterocycles. The summed E-state index contributed by atoms with van der Waals surface area (Å²) in [5.74, 6) is 1.65. The molecule has 1 atom stereocenters. The van der Waals surface area contributed by atoms with E-state index in [1.807, 2.05) is 47.5 Å². The quantitative estimate of drug-likeness (QED) is 0.780. The molecule has 0 saturated heterocycles. The van der Waals surface area contributed by atoms with Crippen molar-refractivity contribution in [1.82, 2.24) is 4.90 Å². The van der Waals surface area contributed by atoms with Crippen LogP contribution >= 0.6 is 11.3 Å². The first kappa shape index (κ1) is 16.1. The van der Waals surface area contributed by atoms with E-state index >= 15 is 0 Å². The molecule has 2 aromatic rings. The Hall–Kier alpha value is -1.81. The lowest BCUT2D eigenvalue weighted by Gasteiger charge is -2.29. The SMILES string of the molecule is COc1ccc(CN(C(=O)c2sccc2C)C(C)C2CC2)cc1. The molecule has 3 rings (SSSR count). The van der Waals surface area contributed by atoms with Gasteiger partial charge in [0.15, 0.2) is 0 Å². The van der Waals surface area contributed by atoms with Crippen LogP contribution in [0, 0.1) is 12.8 Å². The third-order valence-electron chi connectivity index (χ3n) is 4.63. The molecule has 1 unspecified atom stereocenters. The Labute approximate surface area is 141 Å². The smallest absolute Gasteiger partial charge is 0.264 e. The number of aryl methyl sites for hydroxylation is 1. The van der Waals surface area contributed by atoms with Gasteiger partial charge in [-0.15, -0.1) is 11.3 Å². The highest BCUT2D eigenvalue weighted by atomic mass is 32.1. The minimum absolute atomic E-state index is 0.160. The lowest BCUT2D eigenvalue weighted by atomic mass is 10.1. The number of hydrogen-bond donors (Lipinski definition) is 0. The van der Waals surface area contributed by atoms with Gasteiger partial charge >= 0.3 is 0 Å². The van der Waals surface area contributed by atoms with Crippen molar-refractivity contribution in [3.05, 3.63) is 51.7 Å². The van der Waals surface area contributed by atoms with Crippen molar-refractivity contribution in [3.8, 4) is 5.75 Å². The zero-order valence-corrected chi connectivity index (χ0v) is 14.7. The molecule has 0 radical (unpaired) electrons. The van der Waals surface area contributed by atoms with E-state index in [-0.39, 0.29) is 11.9 Å². The monoisotopic (exact) mass is 329 g/mol. The second-order valence-electron chi connectivity index (χ2n) is 6.29. The Balaban J connectivity index is 1.83. The van der Waals surface area contributed by atoms with Crippen LogP contribution in [0.25, 0.3) is 0 Å². The Kier molecular flexibility index (Phi) is 4.71. The molecule has 4 heteroatoms. The maximum absolute atomic E-state index is 13.0. The van der Waals surface area contributed by atoms with E-state index in [4.69, 9.17) is 4.74 Å². The van der Waals surface area contributed by atoms with Crippen LogP contribution in [0.2, 0.25) is 0 Å². The van der Waals surface area contributed by atoms with E-state index in [1.54, 1.807) is 18.4 Å². The van der Waals surface area contributed by atoms with Crippen LogP contribution in [0.5, 0.6) is 5.75 Å². The number of methoxy groups -OCH3 is 1. The van der Waals surface area contributed by atoms with Gasteiger partial charge in [-0.25, -0.2) is 0 Å². The van der Waals surface area contributed by atoms with Crippen LogP contribution < -0.4 is 4.74 Å². The molecule has 23 heavy (non-hydrogen) atoms. The van der Waals surface area contributed by atoms with Crippen molar-refractivity contribution in [2.75, 3.05) is 7.11 Å². The average Bonchev–Trinajstić information content (AvgIpc) is 3.33. The fraction of sp³-hybridized carbons (Fsp3) is 0.421. The van der Waals surface area contributed by atoms with Crippen LogP contribution in [0.4, 0.5) is 0 Å². The van der Waals surface area contributed by atoms with Gasteiger partial charge in [-0.05, 0) is 67.3 Å². The number of nitrogens with zero attached hydrogens (tertiary/aromatic N) is 1. The Morgan fingerprint density at radius 2 is 2.00 bits per heavy atom. The first-order valence-corrected chi connectivity index (χ1v) is 8.96. The van der Waals surface area contributed by atoms with Gasteiger partial charge in [0.1, 0.15) is 5.75 Å². The zero-order valence-electron chi connectivity index (χ0n) is 13.9. The highest BCUT2D eigenvalue weighted by molar-refractivity contribution is 7.12. The van der Waals surface area contributed by atoms with E-state index in [0.29, 0.717) is 12.5 Å². The minimum Gasteiger partial charge on any atom is -0.497 e. The number of ether oxygens (including phenoxy) is 1. The Morgan fingerprint density at radius 1 is 1.30 bits per heavy atom. The van der Waals surface area contributed by atoms with E-state index in [2.05, 4.69) is 6.92 Å². The van der Waals surface area contributed by atoms with Gasteiger partial charge in [0, 0.05) is 12.6 Å². The predicted octanol–water partition coefficient (Wildman–Crippen LogP) is 4.51. The molecule has 1 fully saturated rings. The number of amides is 1. The number of benzene rings is 1. The van der Waals surface area contributed by atoms with Crippen molar-refractivity contribution in [3.63, 3.8) is 0 Å². The van der Waals surface area contributed by atoms with Gasteiger partial charge in [0.2, 0.25) is 0 Å². The Bertz CT molecular complexity index is 673. The molecule has 0 N–H and O–H groups in total. The first-order valence-electron chi connectivity index (χ1n) is 8.08. The summed E-state index contributed by atoms with van der Waals surface area (Å²) in [6.45, 7) is 4.84. The van der Waals surface area contributed by atoms with E-state index in [1.165, 1.54) is 12.8 Å². The maximum Gasteiger partial charge on any atom is 0.264 e. The molecule has 0 spiro atoms. The maximum atomic E-state index is 13.0. The molecule has 122 valence electrons. The zero-order chi connectivity index (χ0) is 16.4. The van der Waals surface area contributed by atoms with Gasteiger partial charge in [-0.3, -0.25) is 4.79 Å². The summed E-state index contributed by atoms with van der Waals surface area (Å²) in [7, 11) is 1.67. The summed E-state index contributed by atoms with van der Waals surface area (Å²) in [6, 6.07) is 10.3. The van der Waals surface area contributed by atoms with Gasteiger partial charge in [-0.1, -0.05) is 12.1 Å².